The Hall–Kier alpha value is -1.13. The SMILES string of the molecule is CC(C(N)=S)N(C)C(=O)c1ccc(Cl)cc1. The first-order valence-corrected chi connectivity index (χ1v) is 5.54. The molecule has 1 aromatic rings. The Morgan fingerprint density at radius 1 is 1.44 bits per heavy atom. The molecule has 1 unspecified atom stereocenters. The van der Waals surface area contributed by atoms with E-state index in [0.29, 0.717) is 15.6 Å². The lowest BCUT2D eigenvalue weighted by Gasteiger charge is -2.23. The van der Waals surface area contributed by atoms with Crippen LogP contribution in [-0.2, 0) is 0 Å². The number of halogens is 1. The number of hydrogen-bond donors (Lipinski definition) is 1. The molecule has 1 atom stereocenters. The van der Waals surface area contributed by atoms with Gasteiger partial charge in [-0.1, -0.05) is 23.8 Å². The summed E-state index contributed by atoms with van der Waals surface area (Å²) in [5.74, 6) is -0.128. The molecule has 0 saturated carbocycles. The van der Waals surface area contributed by atoms with Gasteiger partial charge in [-0.25, -0.2) is 0 Å². The van der Waals surface area contributed by atoms with Gasteiger partial charge in [0, 0.05) is 17.6 Å². The second-order valence-electron chi connectivity index (χ2n) is 3.50. The van der Waals surface area contributed by atoms with E-state index < -0.39 is 0 Å². The first-order chi connectivity index (χ1) is 7.43. The normalized spacial score (nSPS) is 11.9. The molecule has 0 spiro atoms. The molecular weight excluding hydrogens is 244 g/mol. The summed E-state index contributed by atoms with van der Waals surface area (Å²) in [5, 5.41) is 0.599. The van der Waals surface area contributed by atoms with Crippen molar-refractivity contribution in [2.24, 2.45) is 5.73 Å². The van der Waals surface area contributed by atoms with Crippen LogP contribution >= 0.6 is 23.8 Å². The van der Waals surface area contributed by atoms with E-state index in [0.717, 1.165) is 0 Å². The summed E-state index contributed by atoms with van der Waals surface area (Å²) in [4.78, 5) is 13.8. The third-order valence-corrected chi connectivity index (χ3v) is 3.00. The van der Waals surface area contributed by atoms with Gasteiger partial charge >= 0.3 is 0 Å². The van der Waals surface area contributed by atoms with Gasteiger partial charge in [-0.3, -0.25) is 4.79 Å². The first kappa shape index (κ1) is 12.9. The predicted octanol–water partition coefficient (Wildman–Crippen LogP) is 2.09. The molecular formula is C11H13ClN2OS. The van der Waals surface area contributed by atoms with E-state index in [1.807, 2.05) is 0 Å². The van der Waals surface area contributed by atoms with Gasteiger partial charge < -0.3 is 10.6 Å². The highest BCUT2D eigenvalue weighted by Gasteiger charge is 2.18. The molecule has 0 aliphatic heterocycles. The third-order valence-electron chi connectivity index (χ3n) is 2.40. The summed E-state index contributed by atoms with van der Waals surface area (Å²) >= 11 is 10.6. The van der Waals surface area contributed by atoms with Crippen molar-refractivity contribution < 1.29 is 4.79 Å². The average molecular weight is 257 g/mol. The molecule has 0 aromatic heterocycles. The van der Waals surface area contributed by atoms with Crippen molar-refractivity contribution in [3.63, 3.8) is 0 Å². The Bertz CT molecular complexity index is 405. The first-order valence-electron chi connectivity index (χ1n) is 4.75. The zero-order chi connectivity index (χ0) is 12.3. The Morgan fingerprint density at radius 2 is 1.94 bits per heavy atom. The molecule has 0 saturated heterocycles. The number of hydrogen-bond acceptors (Lipinski definition) is 2. The van der Waals surface area contributed by atoms with E-state index in [1.54, 1.807) is 38.2 Å². The van der Waals surface area contributed by atoms with Gasteiger partial charge in [0.05, 0.1) is 11.0 Å². The van der Waals surface area contributed by atoms with Crippen LogP contribution < -0.4 is 5.73 Å². The number of carbonyl (C=O) groups excluding carboxylic acids is 1. The topological polar surface area (TPSA) is 46.3 Å². The van der Waals surface area contributed by atoms with Crippen molar-refractivity contribution in [3.05, 3.63) is 34.9 Å². The maximum Gasteiger partial charge on any atom is 0.254 e. The van der Waals surface area contributed by atoms with Crippen LogP contribution in [0.2, 0.25) is 5.02 Å². The van der Waals surface area contributed by atoms with Crippen LogP contribution in [0.15, 0.2) is 24.3 Å². The van der Waals surface area contributed by atoms with Crippen LogP contribution in [0.3, 0.4) is 0 Å². The molecule has 2 N–H and O–H groups in total. The van der Waals surface area contributed by atoms with Crippen LogP contribution in [0, 0.1) is 0 Å². The van der Waals surface area contributed by atoms with Gasteiger partial charge in [-0.05, 0) is 31.2 Å². The molecule has 0 bridgehead atoms. The Kier molecular flexibility index (Phi) is 4.26. The lowest BCUT2D eigenvalue weighted by atomic mass is 10.2. The number of likely N-dealkylation sites (N-methyl/N-ethyl adjacent to an activating group) is 1. The highest BCUT2D eigenvalue weighted by atomic mass is 35.5. The molecule has 1 amide bonds. The Labute approximate surface area is 105 Å². The quantitative estimate of drug-likeness (QED) is 0.843. The van der Waals surface area contributed by atoms with E-state index in [4.69, 9.17) is 29.6 Å². The van der Waals surface area contributed by atoms with Crippen molar-refractivity contribution in [1.29, 1.82) is 0 Å². The van der Waals surface area contributed by atoms with Crippen LogP contribution in [0.25, 0.3) is 0 Å². The Balaban J connectivity index is 2.86. The van der Waals surface area contributed by atoms with Gasteiger partial charge in [0.1, 0.15) is 0 Å². The molecule has 1 rings (SSSR count). The van der Waals surface area contributed by atoms with Crippen LogP contribution in [0.4, 0.5) is 0 Å². The molecule has 0 heterocycles. The number of amides is 1. The monoisotopic (exact) mass is 256 g/mol. The molecule has 1 aromatic carbocycles. The van der Waals surface area contributed by atoms with Crippen molar-refractivity contribution >= 4 is 34.7 Å². The van der Waals surface area contributed by atoms with E-state index in [9.17, 15) is 4.79 Å². The van der Waals surface area contributed by atoms with E-state index >= 15 is 0 Å². The van der Waals surface area contributed by atoms with Gasteiger partial charge in [0.25, 0.3) is 5.91 Å². The average Bonchev–Trinajstić information content (AvgIpc) is 2.27. The second-order valence-corrected chi connectivity index (χ2v) is 4.41. The van der Waals surface area contributed by atoms with E-state index in [-0.39, 0.29) is 11.9 Å². The summed E-state index contributed by atoms with van der Waals surface area (Å²) in [5.41, 5.74) is 6.06. The number of thiocarbonyl (C=S) groups is 1. The largest absolute Gasteiger partial charge is 0.392 e. The zero-order valence-electron chi connectivity index (χ0n) is 9.11. The van der Waals surface area contributed by atoms with E-state index in [2.05, 4.69) is 0 Å². The number of nitrogens with zero attached hydrogens (tertiary/aromatic N) is 1. The lowest BCUT2D eigenvalue weighted by Crippen LogP contribution is -2.42. The second kappa shape index (κ2) is 5.27. The Morgan fingerprint density at radius 3 is 2.38 bits per heavy atom. The minimum atomic E-state index is -0.266. The number of carbonyl (C=O) groups is 1. The van der Waals surface area contributed by atoms with Crippen molar-refractivity contribution in [3.8, 4) is 0 Å². The fourth-order valence-electron chi connectivity index (χ4n) is 1.16. The van der Waals surface area contributed by atoms with Gasteiger partial charge in [0.2, 0.25) is 0 Å². The zero-order valence-corrected chi connectivity index (χ0v) is 10.7. The highest BCUT2D eigenvalue weighted by molar-refractivity contribution is 7.80. The van der Waals surface area contributed by atoms with Gasteiger partial charge in [-0.15, -0.1) is 0 Å². The summed E-state index contributed by atoms with van der Waals surface area (Å²) in [6.07, 6.45) is 0. The molecule has 3 nitrogen and oxygen atoms in total. The van der Waals surface area contributed by atoms with E-state index in [1.165, 1.54) is 4.90 Å². The summed E-state index contributed by atoms with van der Waals surface area (Å²) in [6.45, 7) is 1.79. The fraction of sp³-hybridized carbons (Fsp3) is 0.273. The minimum Gasteiger partial charge on any atom is -0.392 e. The van der Waals surface area contributed by atoms with Gasteiger partial charge in [-0.2, -0.15) is 0 Å². The number of benzene rings is 1. The van der Waals surface area contributed by atoms with Crippen molar-refractivity contribution in [2.45, 2.75) is 13.0 Å². The van der Waals surface area contributed by atoms with Crippen molar-refractivity contribution in [2.75, 3.05) is 7.05 Å². The van der Waals surface area contributed by atoms with Gasteiger partial charge in [0.15, 0.2) is 0 Å². The molecule has 0 aliphatic rings. The molecule has 0 radical (unpaired) electrons. The van der Waals surface area contributed by atoms with Crippen LogP contribution in [0.5, 0.6) is 0 Å². The molecule has 0 fully saturated rings. The van der Waals surface area contributed by atoms with Crippen LogP contribution in [0.1, 0.15) is 17.3 Å². The summed E-state index contributed by atoms with van der Waals surface area (Å²) in [7, 11) is 1.67. The maximum absolute atomic E-state index is 12.0. The maximum atomic E-state index is 12.0. The molecule has 86 valence electrons. The highest BCUT2D eigenvalue weighted by Crippen LogP contribution is 2.12. The number of nitrogens with two attached hydrogens (primary N) is 1. The minimum absolute atomic E-state index is 0.128. The number of rotatable bonds is 3. The van der Waals surface area contributed by atoms with Crippen molar-refractivity contribution in [1.82, 2.24) is 4.90 Å². The van der Waals surface area contributed by atoms with Crippen LogP contribution in [-0.4, -0.2) is 28.9 Å². The predicted molar refractivity (Wildman–Crippen MR) is 69.8 cm³/mol. The smallest absolute Gasteiger partial charge is 0.254 e. The third kappa shape index (κ3) is 2.93. The standard InChI is InChI=1S/C11H13ClN2OS/c1-7(10(13)16)14(2)11(15)8-3-5-9(12)6-4-8/h3-7H,1-2H3,(H2,13,16). The molecule has 0 aliphatic carbocycles. The summed E-state index contributed by atoms with van der Waals surface area (Å²) in [6, 6.07) is 6.43. The fourth-order valence-corrected chi connectivity index (χ4v) is 1.45. The molecule has 5 heteroatoms. The summed E-state index contributed by atoms with van der Waals surface area (Å²) < 4.78 is 0. The molecule has 16 heavy (non-hydrogen) atoms. The lowest BCUT2D eigenvalue weighted by molar-refractivity contribution is 0.0779.